The van der Waals surface area contributed by atoms with Crippen molar-refractivity contribution in [3.63, 3.8) is 0 Å². The molecule has 0 spiro atoms. The molecule has 1 aromatic carbocycles. The largest absolute Gasteiger partial charge is 0.398 e. The molecule has 60 valence electrons. The predicted molar refractivity (Wildman–Crippen MR) is 51.5 cm³/mol. The highest BCUT2D eigenvalue weighted by Crippen LogP contribution is 2.19. The van der Waals surface area contributed by atoms with Crippen LogP contribution < -0.4 is 5.73 Å². The molecule has 0 amide bonds. The zero-order valence-electron chi connectivity index (χ0n) is 6.17. The first-order valence-electron chi connectivity index (χ1n) is 3.24. The fraction of sp³-hybridized carbons (Fsp3) is 0. The van der Waals surface area contributed by atoms with Gasteiger partial charge < -0.3 is 5.73 Å². The van der Waals surface area contributed by atoms with Crippen LogP contribution in [0, 0.1) is 11.8 Å². The SMILES string of the molecule is Nc1ccc(C#CC=O)cc1Br. The van der Waals surface area contributed by atoms with Crippen molar-refractivity contribution >= 4 is 27.9 Å². The number of aldehydes is 1. The maximum atomic E-state index is 9.92. The Bertz CT molecular complexity index is 363. The van der Waals surface area contributed by atoms with Crippen LogP contribution in [0.4, 0.5) is 5.69 Å². The quantitative estimate of drug-likeness (QED) is 0.413. The average molecular weight is 224 g/mol. The van der Waals surface area contributed by atoms with E-state index in [0.29, 0.717) is 12.0 Å². The number of rotatable bonds is 0. The monoisotopic (exact) mass is 223 g/mol. The van der Waals surface area contributed by atoms with Gasteiger partial charge in [-0.3, -0.25) is 4.79 Å². The first-order chi connectivity index (χ1) is 5.74. The van der Waals surface area contributed by atoms with E-state index in [9.17, 15) is 4.79 Å². The van der Waals surface area contributed by atoms with Gasteiger partial charge >= 0.3 is 0 Å². The number of hydrogen-bond acceptors (Lipinski definition) is 2. The van der Waals surface area contributed by atoms with Crippen molar-refractivity contribution in [1.29, 1.82) is 0 Å². The Hall–Kier alpha value is -1.27. The second kappa shape index (κ2) is 3.93. The Labute approximate surface area is 78.9 Å². The molecule has 0 saturated heterocycles. The molecule has 0 aliphatic carbocycles. The summed E-state index contributed by atoms with van der Waals surface area (Å²) in [6.07, 6.45) is 0.560. The van der Waals surface area contributed by atoms with Gasteiger partial charge in [-0.15, -0.1) is 0 Å². The van der Waals surface area contributed by atoms with Crippen LogP contribution in [-0.2, 0) is 4.79 Å². The van der Waals surface area contributed by atoms with Gasteiger partial charge in [0, 0.05) is 15.7 Å². The standard InChI is InChI=1S/C9H6BrNO/c10-8-6-7(2-1-5-12)3-4-9(8)11/h3-6H,11H2. The van der Waals surface area contributed by atoms with Crippen LogP contribution >= 0.6 is 15.9 Å². The maximum absolute atomic E-state index is 9.92. The number of hydrogen-bond donors (Lipinski definition) is 1. The Balaban J connectivity index is 3.04. The number of nitrogen functional groups attached to an aromatic ring is 1. The average Bonchev–Trinajstić information content (AvgIpc) is 2.07. The van der Waals surface area contributed by atoms with Crippen LogP contribution in [0.15, 0.2) is 22.7 Å². The fourth-order valence-electron chi connectivity index (χ4n) is 0.718. The van der Waals surface area contributed by atoms with Crippen molar-refractivity contribution < 1.29 is 4.79 Å². The minimum absolute atomic E-state index is 0.560. The van der Waals surface area contributed by atoms with Crippen LogP contribution in [0.5, 0.6) is 0 Å². The number of carbonyl (C=O) groups excluding carboxylic acids is 1. The molecule has 3 heteroatoms. The van der Waals surface area contributed by atoms with Crippen molar-refractivity contribution in [2.75, 3.05) is 5.73 Å². The van der Waals surface area contributed by atoms with Crippen LogP contribution in [0.2, 0.25) is 0 Å². The van der Waals surface area contributed by atoms with Crippen LogP contribution in [-0.4, -0.2) is 6.29 Å². The lowest BCUT2D eigenvalue weighted by Gasteiger charge is -1.96. The molecule has 0 atom stereocenters. The number of halogens is 1. The van der Waals surface area contributed by atoms with E-state index >= 15 is 0 Å². The highest BCUT2D eigenvalue weighted by Gasteiger charge is 1.94. The highest BCUT2D eigenvalue weighted by molar-refractivity contribution is 9.10. The molecule has 0 aliphatic heterocycles. The molecular weight excluding hydrogens is 218 g/mol. The molecule has 0 fully saturated rings. The summed E-state index contributed by atoms with van der Waals surface area (Å²) in [5, 5.41) is 0. The number of nitrogens with two attached hydrogens (primary N) is 1. The van der Waals surface area contributed by atoms with E-state index in [0.717, 1.165) is 10.0 Å². The molecule has 0 aliphatic rings. The van der Waals surface area contributed by atoms with E-state index in [4.69, 9.17) is 5.73 Å². The lowest BCUT2D eigenvalue weighted by molar-refractivity contribution is -0.103. The Morgan fingerprint density at radius 3 is 2.83 bits per heavy atom. The van der Waals surface area contributed by atoms with Crippen molar-refractivity contribution in [3.8, 4) is 11.8 Å². The second-order valence-electron chi connectivity index (χ2n) is 2.12. The molecule has 1 aromatic rings. The normalized spacial score (nSPS) is 8.42. The summed E-state index contributed by atoms with van der Waals surface area (Å²) in [7, 11) is 0. The zero-order chi connectivity index (χ0) is 8.97. The first-order valence-corrected chi connectivity index (χ1v) is 4.03. The van der Waals surface area contributed by atoms with Crippen molar-refractivity contribution in [2.24, 2.45) is 0 Å². The van der Waals surface area contributed by atoms with E-state index in [2.05, 4.69) is 27.8 Å². The third-order valence-electron chi connectivity index (χ3n) is 1.28. The minimum Gasteiger partial charge on any atom is -0.398 e. The van der Waals surface area contributed by atoms with Gasteiger partial charge in [0.25, 0.3) is 0 Å². The predicted octanol–water partition coefficient (Wildman–Crippen LogP) is 1.58. The van der Waals surface area contributed by atoms with Gasteiger partial charge in [-0.25, -0.2) is 0 Å². The van der Waals surface area contributed by atoms with Gasteiger partial charge in [-0.05, 0) is 40.0 Å². The summed E-state index contributed by atoms with van der Waals surface area (Å²) in [4.78, 5) is 9.92. The third-order valence-corrected chi connectivity index (χ3v) is 1.96. The number of anilines is 1. The molecule has 0 saturated carbocycles. The number of carbonyl (C=O) groups is 1. The summed E-state index contributed by atoms with van der Waals surface area (Å²) in [6.45, 7) is 0. The summed E-state index contributed by atoms with van der Waals surface area (Å²) < 4.78 is 0.792. The summed E-state index contributed by atoms with van der Waals surface area (Å²) in [5.41, 5.74) is 6.98. The smallest absolute Gasteiger partial charge is 0.193 e. The fourth-order valence-corrected chi connectivity index (χ4v) is 1.10. The summed E-state index contributed by atoms with van der Waals surface area (Å²) in [5.74, 6) is 4.98. The van der Waals surface area contributed by atoms with E-state index in [1.54, 1.807) is 18.2 Å². The van der Waals surface area contributed by atoms with E-state index in [1.165, 1.54) is 0 Å². The lowest BCUT2D eigenvalue weighted by atomic mass is 10.2. The van der Waals surface area contributed by atoms with E-state index in [-0.39, 0.29) is 0 Å². The molecule has 0 aromatic heterocycles. The van der Waals surface area contributed by atoms with Crippen LogP contribution in [0.3, 0.4) is 0 Å². The van der Waals surface area contributed by atoms with Gasteiger partial charge in [0.15, 0.2) is 6.29 Å². The van der Waals surface area contributed by atoms with E-state index < -0.39 is 0 Å². The number of benzene rings is 1. The summed E-state index contributed by atoms with van der Waals surface area (Å²) in [6, 6.07) is 5.27. The van der Waals surface area contributed by atoms with Gasteiger partial charge in [0.1, 0.15) is 0 Å². The van der Waals surface area contributed by atoms with Crippen molar-refractivity contribution in [3.05, 3.63) is 28.2 Å². The van der Waals surface area contributed by atoms with Gasteiger partial charge in [0.05, 0.1) is 0 Å². The molecule has 0 heterocycles. The lowest BCUT2D eigenvalue weighted by Crippen LogP contribution is -1.86. The molecule has 0 radical (unpaired) electrons. The molecule has 0 unspecified atom stereocenters. The Morgan fingerprint density at radius 1 is 1.50 bits per heavy atom. The van der Waals surface area contributed by atoms with Crippen molar-refractivity contribution in [1.82, 2.24) is 0 Å². The molecule has 2 N–H and O–H groups in total. The van der Waals surface area contributed by atoms with Gasteiger partial charge in [-0.2, -0.15) is 0 Å². The Morgan fingerprint density at radius 2 is 2.25 bits per heavy atom. The Kier molecular flexibility index (Phi) is 2.89. The second-order valence-corrected chi connectivity index (χ2v) is 2.98. The van der Waals surface area contributed by atoms with E-state index in [1.807, 2.05) is 0 Å². The molecule has 1 rings (SSSR count). The maximum Gasteiger partial charge on any atom is 0.193 e. The molecule has 0 bridgehead atoms. The summed E-state index contributed by atoms with van der Waals surface area (Å²) >= 11 is 3.26. The van der Waals surface area contributed by atoms with Crippen molar-refractivity contribution in [2.45, 2.75) is 0 Å². The highest BCUT2D eigenvalue weighted by atomic mass is 79.9. The van der Waals surface area contributed by atoms with Gasteiger partial charge in [-0.1, -0.05) is 5.92 Å². The molecule has 2 nitrogen and oxygen atoms in total. The first kappa shape index (κ1) is 8.82. The topological polar surface area (TPSA) is 43.1 Å². The van der Waals surface area contributed by atoms with Crippen LogP contribution in [0.1, 0.15) is 5.56 Å². The zero-order valence-corrected chi connectivity index (χ0v) is 7.76. The van der Waals surface area contributed by atoms with Crippen LogP contribution in [0.25, 0.3) is 0 Å². The molecule has 12 heavy (non-hydrogen) atoms. The minimum atomic E-state index is 0.560. The van der Waals surface area contributed by atoms with Gasteiger partial charge in [0.2, 0.25) is 0 Å². The molecular formula is C9H6BrNO. The third kappa shape index (κ3) is 2.11.